The van der Waals surface area contributed by atoms with Gasteiger partial charge in [0.2, 0.25) is 5.91 Å². The van der Waals surface area contributed by atoms with Crippen LogP contribution in [0.4, 0.5) is 0 Å². The highest BCUT2D eigenvalue weighted by atomic mass is 16.5. The summed E-state index contributed by atoms with van der Waals surface area (Å²) in [4.78, 5) is 38.8. The predicted octanol–water partition coefficient (Wildman–Crippen LogP) is 5.21. The number of rotatable bonds is 13. The molecule has 0 aromatic heterocycles. The van der Waals surface area contributed by atoms with Crippen molar-refractivity contribution in [3.05, 3.63) is 90.0 Å². The van der Waals surface area contributed by atoms with E-state index in [9.17, 15) is 14.4 Å². The van der Waals surface area contributed by atoms with Crippen molar-refractivity contribution in [2.24, 2.45) is 5.73 Å². The van der Waals surface area contributed by atoms with E-state index in [1.165, 1.54) is 0 Å². The van der Waals surface area contributed by atoms with Crippen molar-refractivity contribution < 1.29 is 24.2 Å². The Morgan fingerprint density at radius 3 is 2.16 bits per heavy atom. The lowest BCUT2D eigenvalue weighted by Gasteiger charge is -2.31. The smallest absolute Gasteiger partial charge is 0.303 e. The second-order valence-electron chi connectivity index (χ2n) is 9.28. The Bertz CT molecular complexity index is 1220. The SMILES string of the molecule is NC(=O)C(c1ccccc1OCCCCCC(=O)O)N(C(=O)c1ccc(-c2ccccc2)cc1)C1CC1. The third-order valence-electron chi connectivity index (χ3n) is 6.47. The first kappa shape index (κ1) is 25.9. The van der Waals surface area contributed by atoms with E-state index < -0.39 is 17.9 Å². The van der Waals surface area contributed by atoms with Crippen LogP contribution in [0, 0.1) is 0 Å². The molecule has 7 heteroatoms. The number of hydrogen-bond donors (Lipinski definition) is 2. The monoisotopic (exact) mass is 500 g/mol. The van der Waals surface area contributed by atoms with Crippen molar-refractivity contribution in [3.8, 4) is 16.9 Å². The van der Waals surface area contributed by atoms with E-state index >= 15 is 0 Å². The lowest BCUT2D eigenvalue weighted by Crippen LogP contribution is -2.43. The molecule has 3 aromatic carbocycles. The minimum atomic E-state index is -0.961. The number of hydrogen-bond acceptors (Lipinski definition) is 4. The number of para-hydroxylation sites is 1. The van der Waals surface area contributed by atoms with Gasteiger partial charge in [-0.25, -0.2) is 0 Å². The number of carboxylic acid groups (broad SMARTS) is 1. The molecular weight excluding hydrogens is 468 g/mol. The summed E-state index contributed by atoms with van der Waals surface area (Å²) in [5.41, 5.74) is 9.01. The normalized spacial score (nSPS) is 13.5. The summed E-state index contributed by atoms with van der Waals surface area (Å²) in [7, 11) is 0. The Kier molecular flexibility index (Phi) is 8.56. The van der Waals surface area contributed by atoms with Crippen LogP contribution >= 0.6 is 0 Å². The molecule has 0 bridgehead atoms. The number of nitrogens with two attached hydrogens (primary N) is 1. The maximum atomic E-state index is 13.7. The molecule has 7 nitrogen and oxygen atoms in total. The highest BCUT2D eigenvalue weighted by Gasteiger charge is 2.42. The van der Waals surface area contributed by atoms with E-state index in [1.54, 1.807) is 35.2 Å². The molecule has 3 N–H and O–H groups in total. The van der Waals surface area contributed by atoms with Gasteiger partial charge >= 0.3 is 5.97 Å². The van der Waals surface area contributed by atoms with E-state index in [0.717, 1.165) is 30.4 Å². The van der Waals surface area contributed by atoms with E-state index in [4.69, 9.17) is 15.6 Å². The number of carboxylic acids is 1. The lowest BCUT2D eigenvalue weighted by atomic mass is 10.00. The maximum Gasteiger partial charge on any atom is 0.303 e. The van der Waals surface area contributed by atoms with Crippen LogP contribution in [0.3, 0.4) is 0 Å². The fraction of sp³-hybridized carbons (Fsp3) is 0.300. The molecule has 0 spiro atoms. The molecule has 1 fully saturated rings. The number of carbonyl (C=O) groups is 3. The Hall–Kier alpha value is -4.13. The minimum Gasteiger partial charge on any atom is -0.493 e. The molecule has 1 atom stereocenters. The number of carbonyl (C=O) groups excluding carboxylic acids is 2. The molecule has 1 saturated carbocycles. The summed E-state index contributed by atoms with van der Waals surface area (Å²) in [6, 6.07) is 23.5. The maximum absolute atomic E-state index is 13.7. The highest BCUT2D eigenvalue weighted by Crippen LogP contribution is 2.39. The molecule has 37 heavy (non-hydrogen) atoms. The Balaban J connectivity index is 1.53. The number of amides is 2. The van der Waals surface area contributed by atoms with Gasteiger partial charge in [0.05, 0.1) is 6.61 Å². The molecule has 0 heterocycles. The summed E-state index contributed by atoms with van der Waals surface area (Å²) >= 11 is 0. The summed E-state index contributed by atoms with van der Waals surface area (Å²) in [6.07, 6.45) is 3.73. The molecule has 192 valence electrons. The van der Waals surface area contributed by atoms with Crippen LogP contribution in [0.25, 0.3) is 11.1 Å². The van der Waals surface area contributed by atoms with E-state index in [1.807, 2.05) is 48.5 Å². The molecule has 1 unspecified atom stereocenters. The zero-order valence-corrected chi connectivity index (χ0v) is 20.7. The molecule has 2 amide bonds. The van der Waals surface area contributed by atoms with Gasteiger partial charge in [0.1, 0.15) is 11.8 Å². The number of benzene rings is 3. The quantitative estimate of drug-likeness (QED) is 0.313. The second kappa shape index (κ2) is 12.2. The van der Waals surface area contributed by atoms with Gasteiger partial charge in [-0.15, -0.1) is 0 Å². The molecule has 0 aliphatic heterocycles. The number of ether oxygens (including phenoxy) is 1. The van der Waals surface area contributed by atoms with Crippen LogP contribution in [0.2, 0.25) is 0 Å². The summed E-state index contributed by atoms with van der Waals surface area (Å²) in [6.45, 7) is 0.375. The third kappa shape index (κ3) is 6.76. The van der Waals surface area contributed by atoms with Crippen molar-refractivity contribution in [1.29, 1.82) is 0 Å². The van der Waals surface area contributed by atoms with Crippen molar-refractivity contribution in [2.75, 3.05) is 6.61 Å². The zero-order valence-electron chi connectivity index (χ0n) is 20.7. The van der Waals surface area contributed by atoms with Crippen LogP contribution in [-0.2, 0) is 9.59 Å². The van der Waals surface area contributed by atoms with Crippen molar-refractivity contribution in [3.63, 3.8) is 0 Å². The van der Waals surface area contributed by atoms with Gasteiger partial charge in [-0.05, 0) is 61.4 Å². The van der Waals surface area contributed by atoms with Crippen LogP contribution in [0.15, 0.2) is 78.9 Å². The standard InChI is InChI=1S/C30H32N2O5/c31-29(35)28(25-11-6-7-12-26(25)37-20-8-2-5-13-27(33)34)32(24-18-19-24)30(36)23-16-14-22(15-17-23)21-9-3-1-4-10-21/h1,3-4,6-7,9-12,14-17,24,28H,2,5,8,13,18-20H2,(H2,31,35)(H,33,34). The molecule has 3 aromatic rings. The predicted molar refractivity (Wildman–Crippen MR) is 141 cm³/mol. The van der Waals surface area contributed by atoms with Crippen LogP contribution in [0.5, 0.6) is 5.75 Å². The summed E-state index contributed by atoms with van der Waals surface area (Å²) in [5.74, 6) is -1.16. The van der Waals surface area contributed by atoms with Crippen molar-refractivity contribution in [2.45, 2.75) is 50.6 Å². The van der Waals surface area contributed by atoms with Gasteiger partial charge in [-0.1, -0.05) is 60.7 Å². The minimum absolute atomic E-state index is 0.0668. The number of nitrogens with zero attached hydrogens (tertiary/aromatic N) is 1. The van der Waals surface area contributed by atoms with Gasteiger partial charge in [0.25, 0.3) is 5.91 Å². The third-order valence-corrected chi connectivity index (χ3v) is 6.47. The van der Waals surface area contributed by atoms with Gasteiger partial charge in [0.15, 0.2) is 0 Å². The fourth-order valence-electron chi connectivity index (χ4n) is 4.45. The Labute approximate surface area is 216 Å². The van der Waals surface area contributed by atoms with Crippen molar-refractivity contribution in [1.82, 2.24) is 4.90 Å². The zero-order chi connectivity index (χ0) is 26.2. The molecule has 4 rings (SSSR count). The molecular formula is C30H32N2O5. The molecule has 0 radical (unpaired) electrons. The average molecular weight is 501 g/mol. The van der Waals surface area contributed by atoms with Crippen LogP contribution in [-0.4, -0.2) is 40.4 Å². The van der Waals surface area contributed by atoms with Gasteiger partial charge in [-0.2, -0.15) is 0 Å². The first-order valence-electron chi connectivity index (χ1n) is 12.7. The number of unbranched alkanes of at least 4 members (excludes halogenated alkanes) is 2. The van der Waals surface area contributed by atoms with Gasteiger partial charge in [-0.3, -0.25) is 14.4 Å². The molecule has 1 aliphatic rings. The highest BCUT2D eigenvalue weighted by molar-refractivity contribution is 5.98. The molecule has 1 aliphatic carbocycles. The lowest BCUT2D eigenvalue weighted by molar-refractivity contribution is -0.137. The van der Waals surface area contributed by atoms with Gasteiger partial charge < -0.3 is 20.5 Å². The first-order valence-corrected chi connectivity index (χ1v) is 12.7. The van der Waals surface area contributed by atoms with Gasteiger partial charge in [0, 0.05) is 23.6 Å². The molecule has 0 saturated heterocycles. The largest absolute Gasteiger partial charge is 0.493 e. The summed E-state index contributed by atoms with van der Waals surface area (Å²) < 4.78 is 5.98. The van der Waals surface area contributed by atoms with E-state index in [-0.39, 0.29) is 18.4 Å². The van der Waals surface area contributed by atoms with Crippen LogP contribution in [0.1, 0.15) is 60.5 Å². The number of aliphatic carboxylic acids is 1. The van der Waals surface area contributed by atoms with Crippen LogP contribution < -0.4 is 10.5 Å². The second-order valence-corrected chi connectivity index (χ2v) is 9.28. The van der Waals surface area contributed by atoms with Crippen molar-refractivity contribution >= 4 is 17.8 Å². The Morgan fingerprint density at radius 1 is 0.865 bits per heavy atom. The van der Waals surface area contributed by atoms with E-state index in [2.05, 4.69) is 0 Å². The average Bonchev–Trinajstić information content (AvgIpc) is 3.75. The summed E-state index contributed by atoms with van der Waals surface area (Å²) in [5, 5.41) is 8.79. The van der Waals surface area contributed by atoms with E-state index in [0.29, 0.717) is 36.3 Å². The topological polar surface area (TPSA) is 110 Å². The Morgan fingerprint density at radius 2 is 1.51 bits per heavy atom. The number of primary amides is 1. The first-order chi connectivity index (χ1) is 18.0. The fourth-order valence-corrected chi connectivity index (χ4v) is 4.45.